The van der Waals surface area contributed by atoms with E-state index in [0.29, 0.717) is 12.2 Å². The first kappa shape index (κ1) is 15.7. The van der Waals surface area contributed by atoms with Crippen molar-refractivity contribution in [1.29, 1.82) is 0 Å². The predicted octanol–water partition coefficient (Wildman–Crippen LogP) is 2.14. The van der Waals surface area contributed by atoms with E-state index in [2.05, 4.69) is 25.4 Å². The Labute approximate surface area is 145 Å². The first-order valence-electron chi connectivity index (χ1n) is 8.31. The van der Waals surface area contributed by atoms with E-state index in [1.165, 1.54) is 0 Å². The maximum atomic E-state index is 10.2. The van der Waals surface area contributed by atoms with Crippen LogP contribution in [0.2, 0.25) is 0 Å². The van der Waals surface area contributed by atoms with Crippen LogP contribution in [0.3, 0.4) is 0 Å². The second kappa shape index (κ2) is 6.25. The molecule has 0 unspecified atom stereocenters. The molecular formula is C18H20N6O. The van der Waals surface area contributed by atoms with E-state index in [4.69, 9.17) is 0 Å². The summed E-state index contributed by atoms with van der Waals surface area (Å²) in [4.78, 5) is 13.2. The summed E-state index contributed by atoms with van der Waals surface area (Å²) in [5.41, 5.74) is 2.83. The molecule has 3 aromatic rings. The normalized spacial score (nSPS) is 22.4. The largest absolute Gasteiger partial charge is 0.391 e. The topological polar surface area (TPSA) is 88.8 Å². The lowest BCUT2D eigenvalue weighted by molar-refractivity contribution is 0.0133. The Kier molecular flexibility index (Phi) is 3.93. The zero-order valence-corrected chi connectivity index (χ0v) is 14.2. The van der Waals surface area contributed by atoms with Crippen LogP contribution in [0.1, 0.15) is 23.7 Å². The average Bonchev–Trinajstić information content (AvgIpc) is 3.00. The fourth-order valence-corrected chi connectivity index (χ4v) is 3.17. The van der Waals surface area contributed by atoms with E-state index in [9.17, 15) is 5.11 Å². The Morgan fingerprint density at radius 2 is 2.12 bits per heavy atom. The average molecular weight is 336 g/mol. The maximum absolute atomic E-state index is 10.2. The second-order valence-corrected chi connectivity index (χ2v) is 6.50. The van der Waals surface area contributed by atoms with Gasteiger partial charge in [-0.3, -0.25) is 9.67 Å². The van der Waals surface area contributed by atoms with Gasteiger partial charge in [0, 0.05) is 35.9 Å². The highest BCUT2D eigenvalue weighted by Gasteiger charge is 2.42. The molecule has 3 heterocycles. The molecule has 0 spiro atoms. The number of aliphatic hydroxyl groups is 1. The Morgan fingerprint density at radius 1 is 1.24 bits per heavy atom. The van der Waals surface area contributed by atoms with Crippen LogP contribution in [0.25, 0.3) is 11.4 Å². The number of nitrogens with zero attached hydrogens (tertiary/aromatic N) is 5. The third-order valence-electron chi connectivity index (χ3n) is 4.45. The van der Waals surface area contributed by atoms with Crippen LogP contribution in [0.4, 0.5) is 5.82 Å². The van der Waals surface area contributed by atoms with Crippen LogP contribution < -0.4 is 5.32 Å². The van der Waals surface area contributed by atoms with Crippen LogP contribution >= 0.6 is 0 Å². The van der Waals surface area contributed by atoms with Gasteiger partial charge in [-0.25, -0.2) is 9.97 Å². The first-order chi connectivity index (χ1) is 12.1. The van der Waals surface area contributed by atoms with Crippen molar-refractivity contribution in [3.05, 3.63) is 54.2 Å². The van der Waals surface area contributed by atoms with Crippen LogP contribution in [-0.2, 0) is 0 Å². The molecule has 4 rings (SSSR count). The van der Waals surface area contributed by atoms with Gasteiger partial charge in [-0.1, -0.05) is 0 Å². The third-order valence-corrected chi connectivity index (χ3v) is 4.45. The summed E-state index contributed by atoms with van der Waals surface area (Å²) in [7, 11) is 0. The lowest BCUT2D eigenvalue weighted by Crippen LogP contribution is -2.51. The van der Waals surface area contributed by atoms with Crippen molar-refractivity contribution in [2.24, 2.45) is 0 Å². The molecule has 7 heteroatoms. The van der Waals surface area contributed by atoms with Crippen molar-refractivity contribution in [2.75, 3.05) is 5.32 Å². The van der Waals surface area contributed by atoms with Gasteiger partial charge in [-0.15, -0.1) is 0 Å². The fraction of sp³-hybridized carbons (Fsp3) is 0.333. The molecule has 1 aliphatic rings. The van der Waals surface area contributed by atoms with Crippen molar-refractivity contribution in [3.8, 4) is 11.4 Å². The van der Waals surface area contributed by atoms with Gasteiger partial charge in [0.25, 0.3) is 0 Å². The Morgan fingerprint density at radius 3 is 2.80 bits per heavy atom. The summed E-state index contributed by atoms with van der Waals surface area (Å²) in [5, 5.41) is 17.9. The van der Waals surface area contributed by atoms with Crippen molar-refractivity contribution in [1.82, 2.24) is 24.7 Å². The number of aliphatic hydroxyl groups excluding tert-OH is 1. The number of hydrogen-bond acceptors (Lipinski definition) is 6. The smallest absolute Gasteiger partial charge is 0.163 e. The highest BCUT2D eigenvalue weighted by Crippen LogP contribution is 2.35. The van der Waals surface area contributed by atoms with Crippen LogP contribution in [0, 0.1) is 13.8 Å². The molecule has 0 aliphatic heterocycles. The molecule has 0 radical (unpaired) electrons. The minimum atomic E-state index is -0.405. The van der Waals surface area contributed by atoms with Gasteiger partial charge >= 0.3 is 0 Å². The molecule has 0 bridgehead atoms. The van der Waals surface area contributed by atoms with E-state index < -0.39 is 6.10 Å². The lowest BCUT2D eigenvalue weighted by atomic mass is 9.83. The van der Waals surface area contributed by atoms with E-state index in [0.717, 1.165) is 22.6 Å². The molecule has 0 aromatic carbocycles. The molecular weight excluding hydrogens is 316 g/mol. The van der Waals surface area contributed by atoms with Crippen molar-refractivity contribution >= 4 is 5.82 Å². The molecule has 1 aliphatic carbocycles. The number of hydrogen-bond donors (Lipinski definition) is 2. The Bertz CT molecular complexity index is 878. The molecule has 128 valence electrons. The van der Waals surface area contributed by atoms with Gasteiger partial charge in [0.1, 0.15) is 5.82 Å². The number of rotatable bonds is 4. The fourth-order valence-electron chi connectivity index (χ4n) is 3.17. The van der Waals surface area contributed by atoms with E-state index in [1.54, 1.807) is 18.6 Å². The summed E-state index contributed by atoms with van der Waals surface area (Å²) in [6.07, 6.45) is 7.49. The van der Waals surface area contributed by atoms with Gasteiger partial charge in [0.2, 0.25) is 0 Å². The van der Waals surface area contributed by atoms with E-state index in [-0.39, 0.29) is 12.1 Å². The molecule has 0 saturated heterocycles. The predicted molar refractivity (Wildman–Crippen MR) is 94.0 cm³/mol. The number of aryl methyl sites for hydroxylation is 2. The first-order valence-corrected chi connectivity index (χ1v) is 8.31. The zero-order valence-electron chi connectivity index (χ0n) is 14.2. The molecule has 1 saturated carbocycles. The molecule has 3 aromatic heterocycles. The molecule has 2 N–H and O–H groups in total. The van der Waals surface area contributed by atoms with Gasteiger partial charge < -0.3 is 10.4 Å². The van der Waals surface area contributed by atoms with E-state index in [1.807, 2.05) is 42.9 Å². The molecule has 3 atom stereocenters. The standard InChI is InChI=1S/C18H20N6O/c1-11-8-20-24(10-11)17-14(7-15(17)25)22-16-6-12(2)21-18(23-16)13-4-3-5-19-9-13/h3-6,8-10,14-15,17,25H,7H2,1-2H3,(H,21,22,23)/t14-,15+,17+/m1/s1. The quantitative estimate of drug-likeness (QED) is 0.759. The van der Waals surface area contributed by atoms with Gasteiger partial charge in [0.05, 0.1) is 24.4 Å². The number of nitrogens with one attached hydrogen (secondary N) is 1. The van der Waals surface area contributed by atoms with Gasteiger partial charge in [-0.05, 0) is 38.0 Å². The summed E-state index contributed by atoms with van der Waals surface area (Å²) in [6.45, 7) is 3.93. The summed E-state index contributed by atoms with van der Waals surface area (Å²) >= 11 is 0. The van der Waals surface area contributed by atoms with Crippen LogP contribution in [0.5, 0.6) is 0 Å². The minimum Gasteiger partial charge on any atom is -0.391 e. The minimum absolute atomic E-state index is 0.0744. The number of anilines is 1. The molecule has 0 amide bonds. The zero-order chi connectivity index (χ0) is 17.4. The molecule has 25 heavy (non-hydrogen) atoms. The maximum Gasteiger partial charge on any atom is 0.163 e. The van der Waals surface area contributed by atoms with Gasteiger partial charge in [0.15, 0.2) is 5.82 Å². The molecule has 7 nitrogen and oxygen atoms in total. The third kappa shape index (κ3) is 3.10. The van der Waals surface area contributed by atoms with Crippen LogP contribution in [0.15, 0.2) is 43.0 Å². The van der Waals surface area contributed by atoms with Crippen molar-refractivity contribution < 1.29 is 5.11 Å². The second-order valence-electron chi connectivity index (χ2n) is 6.50. The monoisotopic (exact) mass is 336 g/mol. The number of aromatic nitrogens is 5. The van der Waals surface area contributed by atoms with Crippen molar-refractivity contribution in [3.63, 3.8) is 0 Å². The summed E-state index contributed by atoms with van der Waals surface area (Å²) in [5.74, 6) is 1.39. The summed E-state index contributed by atoms with van der Waals surface area (Å²) in [6, 6.07) is 5.70. The number of pyridine rings is 1. The highest BCUT2D eigenvalue weighted by molar-refractivity contribution is 5.56. The Hall–Kier alpha value is -2.80. The van der Waals surface area contributed by atoms with Gasteiger partial charge in [-0.2, -0.15) is 5.10 Å². The lowest BCUT2D eigenvalue weighted by Gasteiger charge is -2.42. The van der Waals surface area contributed by atoms with Crippen molar-refractivity contribution in [2.45, 2.75) is 38.5 Å². The van der Waals surface area contributed by atoms with Crippen LogP contribution in [-0.4, -0.2) is 42.0 Å². The highest BCUT2D eigenvalue weighted by atomic mass is 16.3. The summed E-state index contributed by atoms with van der Waals surface area (Å²) < 4.78 is 1.83. The Balaban J connectivity index is 1.58. The molecule has 1 fully saturated rings. The SMILES string of the molecule is Cc1cnn([C@@H]2[C@@H](O)C[C@H]2Nc2cc(C)nc(-c3cccnc3)n2)c1. The van der Waals surface area contributed by atoms with E-state index >= 15 is 0 Å².